The summed E-state index contributed by atoms with van der Waals surface area (Å²) in [6.45, 7) is 4.96. The lowest BCUT2D eigenvalue weighted by molar-refractivity contribution is 0.0779. The van der Waals surface area contributed by atoms with Gasteiger partial charge in [0.1, 0.15) is 0 Å². The molecule has 0 N–H and O–H groups in total. The monoisotopic (exact) mass is 347 g/mol. The SMILES string of the molecule is CC(C)CN(C)C(=O)c1cc(Br)cc(Br)c1. The maximum atomic E-state index is 12.1. The molecule has 1 rings (SSSR count). The van der Waals surface area contributed by atoms with E-state index in [0.29, 0.717) is 11.5 Å². The van der Waals surface area contributed by atoms with Gasteiger partial charge >= 0.3 is 0 Å². The van der Waals surface area contributed by atoms with Gasteiger partial charge in [0.2, 0.25) is 0 Å². The van der Waals surface area contributed by atoms with E-state index >= 15 is 0 Å². The molecule has 1 aromatic rings. The van der Waals surface area contributed by atoms with Gasteiger partial charge in [-0.3, -0.25) is 4.79 Å². The third-order valence-corrected chi connectivity index (χ3v) is 3.01. The number of hydrogen-bond acceptors (Lipinski definition) is 1. The van der Waals surface area contributed by atoms with E-state index in [-0.39, 0.29) is 5.91 Å². The Bertz CT molecular complexity index is 370. The molecule has 0 spiro atoms. The lowest BCUT2D eigenvalue weighted by Crippen LogP contribution is -2.30. The van der Waals surface area contributed by atoms with Crippen LogP contribution in [0.3, 0.4) is 0 Å². The van der Waals surface area contributed by atoms with Crippen molar-refractivity contribution in [3.63, 3.8) is 0 Å². The van der Waals surface area contributed by atoms with Gasteiger partial charge in [0.05, 0.1) is 0 Å². The highest BCUT2D eigenvalue weighted by atomic mass is 79.9. The van der Waals surface area contributed by atoms with Crippen LogP contribution >= 0.6 is 31.9 Å². The lowest BCUT2D eigenvalue weighted by atomic mass is 10.1. The van der Waals surface area contributed by atoms with E-state index in [0.717, 1.165) is 15.5 Å². The molecule has 1 amide bonds. The Kier molecular flexibility index (Phi) is 4.99. The van der Waals surface area contributed by atoms with E-state index < -0.39 is 0 Å². The van der Waals surface area contributed by atoms with Crippen molar-refractivity contribution in [1.82, 2.24) is 4.90 Å². The third kappa shape index (κ3) is 3.91. The van der Waals surface area contributed by atoms with Crippen molar-refractivity contribution in [1.29, 1.82) is 0 Å². The van der Waals surface area contributed by atoms with E-state index in [4.69, 9.17) is 0 Å². The Morgan fingerprint density at radius 2 is 1.75 bits per heavy atom. The molecule has 0 atom stereocenters. The molecular formula is C12H15Br2NO. The van der Waals surface area contributed by atoms with Gasteiger partial charge in [0.25, 0.3) is 5.91 Å². The van der Waals surface area contributed by atoms with Gasteiger partial charge in [-0.1, -0.05) is 45.7 Å². The second-order valence-electron chi connectivity index (χ2n) is 4.24. The molecular weight excluding hydrogens is 334 g/mol. The summed E-state index contributed by atoms with van der Waals surface area (Å²) >= 11 is 6.76. The summed E-state index contributed by atoms with van der Waals surface area (Å²) in [7, 11) is 1.83. The fourth-order valence-electron chi connectivity index (χ4n) is 1.53. The molecule has 0 unspecified atom stereocenters. The summed E-state index contributed by atoms with van der Waals surface area (Å²) in [5.41, 5.74) is 0.699. The minimum absolute atomic E-state index is 0.0516. The van der Waals surface area contributed by atoms with E-state index in [1.807, 2.05) is 25.2 Å². The van der Waals surface area contributed by atoms with E-state index in [1.54, 1.807) is 4.90 Å². The van der Waals surface area contributed by atoms with Crippen LogP contribution in [0.5, 0.6) is 0 Å². The smallest absolute Gasteiger partial charge is 0.253 e. The summed E-state index contributed by atoms with van der Waals surface area (Å²) in [6.07, 6.45) is 0. The number of rotatable bonds is 3. The Labute approximate surface area is 113 Å². The quantitative estimate of drug-likeness (QED) is 0.810. The largest absolute Gasteiger partial charge is 0.341 e. The summed E-state index contributed by atoms with van der Waals surface area (Å²) in [4.78, 5) is 13.8. The van der Waals surface area contributed by atoms with Crippen molar-refractivity contribution in [3.8, 4) is 0 Å². The lowest BCUT2D eigenvalue weighted by Gasteiger charge is -2.19. The molecule has 0 saturated heterocycles. The Morgan fingerprint density at radius 3 is 2.19 bits per heavy atom. The van der Waals surface area contributed by atoms with Gasteiger partial charge < -0.3 is 4.90 Å². The van der Waals surface area contributed by atoms with Crippen LogP contribution in [0, 0.1) is 5.92 Å². The fraction of sp³-hybridized carbons (Fsp3) is 0.417. The van der Waals surface area contributed by atoms with Crippen LogP contribution < -0.4 is 0 Å². The highest BCUT2D eigenvalue weighted by Gasteiger charge is 2.13. The van der Waals surface area contributed by atoms with Crippen LogP contribution in [-0.4, -0.2) is 24.4 Å². The number of amides is 1. The molecule has 0 aliphatic carbocycles. The van der Waals surface area contributed by atoms with Gasteiger partial charge in [-0.05, 0) is 24.1 Å². The molecule has 0 aliphatic heterocycles. The topological polar surface area (TPSA) is 20.3 Å². The molecule has 0 aliphatic rings. The number of benzene rings is 1. The minimum Gasteiger partial charge on any atom is -0.341 e. The summed E-state index contributed by atoms with van der Waals surface area (Å²) < 4.78 is 1.81. The molecule has 16 heavy (non-hydrogen) atoms. The Balaban J connectivity index is 2.87. The molecule has 0 heterocycles. The normalized spacial score (nSPS) is 10.6. The maximum absolute atomic E-state index is 12.1. The Morgan fingerprint density at radius 1 is 1.25 bits per heavy atom. The second-order valence-corrected chi connectivity index (χ2v) is 6.07. The predicted molar refractivity (Wildman–Crippen MR) is 73.6 cm³/mol. The van der Waals surface area contributed by atoms with Crippen LogP contribution in [0.25, 0.3) is 0 Å². The van der Waals surface area contributed by atoms with E-state index in [2.05, 4.69) is 45.7 Å². The van der Waals surface area contributed by atoms with Gasteiger partial charge in [0.15, 0.2) is 0 Å². The number of carbonyl (C=O) groups excluding carboxylic acids is 1. The first-order chi connectivity index (χ1) is 7.40. The summed E-state index contributed by atoms with van der Waals surface area (Å²) in [5.74, 6) is 0.528. The van der Waals surface area contributed by atoms with E-state index in [9.17, 15) is 4.79 Å². The van der Waals surface area contributed by atoms with Crippen LogP contribution in [0.4, 0.5) is 0 Å². The third-order valence-electron chi connectivity index (χ3n) is 2.10. The average Bonchev–Trinajstić information content (AvgIpc) is 2.13. The molecule has 0 bridgehead atoms. The van der Waals surface area contributed by atoms with Crippen LogP contribution in [0.1, 0.15) is 24.2 Å². The summed E-state index contributed by atoms with van der Waals surface area (Å²) in [5, 5.41) is 0. The average molecular weight is 349 g/mol. The first-order valence-electron chi connectivity index (χ1n) is 5.11. The van der Waals surface area contributed by atoms with Crippen LogP contribution in [-0.2, 0) is 0 Å². The number of halogens is 2. The molecule has 1 aromatic carbocycles. The van der Waals surface area contributed by atoms with Gasteiger partial charge in [-0.25, -0.2) is 0 Å². The zero-order valence-electron chi connectivity index (χ0n) is 9.63. The maximum Gasteiger partial charge on any atom is 0.253 e. The number of nitrogens with zero attached hydrogens (tertiary/aromatic N) is 1. The fourth-order valence-corrected chi connectivity index (χ4v) is 2.82. The van der Waals surface area contributed by atoms with Crippen LogP contribution in [0.2, 0.25) is 0 Å². The molecule has 0 saturated carbocycles. The van der Waals surface area contributed by atoms with Gasteiger partial charge in [0, 0.05) is 28.1 Å². The molecule has 0 radical (unpaired) electrons. The molecule has 2 nitrogen and oxygen atoms in total. The van der Waals surface area contributed by atoms with Gasteiger partial charge in [-0.2, -0.15) is 0 Å². The standard InChI is InChI=1S/C12H15Br2NO/c1-8(2)7-15(3)12(16)9-4-10(13)6-11(14)5-9/h4-6,8H,7H2,1-3H3. The summed E-state index contributed by atoms with van der Waals surface area (Å²) in [6, 6.07) is 5.59. The zero-order chi connectivity index (χ0) is 12.3. The minimum atomic E-state index is 0.0516. The zero-order valence-corrected chi connectivity index (χ0v) is 12.8. The highest BCUT2D eigenvalue weighted by molar-refractivity contribution is 9.11. The van der Waals surface area contributed by atoms with Crippen molar-refractivity contribution in [2.75, 3.05) is 13.6 Å². The van der Waals surface area contributed by atoms with Gasteiger partial charge in [-0.15, -0.1) is 0 Å². The first kappa shape index (κ1) is 13.7. The van der Waals surface area contributed by atoms with Crippen molar-refractivity contribution >= 4 is 37.8 Å². The highest BCUT2D eigenvalue weighted by Crippen LogP contribution is 2.21. The predicted octanol–water partition coefficient (Wildman–Crippen LogP) is 3.94. The van der Waals surface area contributed by atoms with Crippen molar-refractivity contribution in [3.05, 3.63) is 32.7 Å². The molecule has 4 heteroatoms. The molecule has 0 fully saturated rings. The second kappa shape index (κ2) is 5.82. The number of hydrogen-bond donors (Lipinski definition) is 0. The first-order valence-corrected chi connectivity index (χ1v) is 6.70. The van der Waals surface area contributed by atoms with Crippen molar-refractivity contribution < 1.29 is 4.79 Å². The molecule has 0 aromatic heterocycles. The van der Waals surface area contributed by atoms with E-state index in [1.165, 1.54) is 0 Å². The van der Waals surface area contributed by atoms with Crippen molar-refractivity contribution in [2.24, 2.45) is 5.92 Å². The van der Waals surface area contributed by atoms with Crippen molar-refractivity contribution in [2.45, 2.75) is 13.8 Å². The number of carbonyl (C=O) groups is 1. The van der Waals surface area contributed by atoms with Crippen LogP contribution in [0.15, 0.2) is 27.1 Å². The Hall–Kier alpha value is -0.350. The molecule has 88 valence electrons.